The molecule has 0 saturated carbocycles. The first-order chi connectivity index (χ1) is 10.8. The van der Waals surface area contributed by atoms with Crippen molar-refractivity contribution < 1.29 is 4.74 Å². The zero-order valence-electron chi connectivity index (χ0n) is 12.6. The minimum absolute atomic E-state index is 0.591. The lowest BCUT2D eigenvalue weighted by atomic mass is 10.2. The van der Waals surface area contributed by atoms with Crippen molar-refractivity contribution in [1.82, 2.24) is 9.97 Å². The van der Waals surface area contributed by atoms with Crippen LogP contribution >= 0.6 is 11.6 Å². The van der Waals surface area contributed by atoms with Crippen molar-refractivity contribution in [2.75, 3.05) is 42.6 Å². The summed E-state index contributed by atoms with van der Waals surface area (Å²) in [5.74, 6) is 1.44. The molecule has 2 heterocycles. The highest BCUT2D eigenvalue weighted by Crippen LogP contribution is 2.26. The Bertz CT molecular complexity index is 629. The van der Waals surface area contributed by atoms with Crippen molar-refractivity contribution in [3.63, 3.8) is 0 Å². The standard InChI is InChI=1S/C16H19ClN4O/c1-2-22-16-15(18-6-7-19-16)21-10-8-20(9-11-21)14-5-3-4-13(17)12-14/h3-7,12H,2,8-11H2,1H3. The van der Waals surface area contributed by atoms with E-state index in [4.69, 9.17) is 16.3 Å². The molecular formula is C16H19ClN4O. The smallest absolute Gasteiger partial charge is 0.257 e. The van der Waals surface area contributed by atoms with Crippen LogP contribution in [0.4, 0.5) is 11.5 Å². The van der Waals surface area contributed by atoms with E-state index in [1.165, 1.54) is 0 Å². The minimum atomic E-state index is 0.591. The molecule has 3 rings (SSSR count). The summed E-state index contributed by atoms with van der Waals surface area (Å²) in [6.45, 7) is 6.14. The topological polar surface area (TPSA) is 41.5 Å². The second-order valence-electron chi connectivity index (χ2n) is 5.07. The lowest BCUT2D eigenvalue weighted by Crippen LogP contribution is -2.47. The number of benzene rings is 1. The molecule has 0 amide bonds. The van der Waals surface area contributed by atoms with Gasteiger partial charge in [0.25, 0.3) is 5.88 Å². The van der Waals surface area contributed by atoms with Gasteiger partial charge in [0, 0.05) is 49.3 Å². The summed E-state index contributed by atoms with van der Waals surface area (Å²) >= 11 is 6.07. The molecule has 0 radical (unpaired) electrons. The minimum Gasteiger partial charge on any atom is -0.475 e. The fourth-order valence-corrected chi connectivity index (χ4v) is 2.81. The van der Waals surface area contributed by atoms with Gasteiger partial charge in [-0.25, -0.2) is 9.97 Å². The lowest BCUT2D eigenvalue weighted by Gasteiger charge is -2.36. The zero-order chi connectivity index (χ0) is 15.4. The Hall–Kier alpha value is -2.01. The maximum absolute atomic E-state index is 6.07. The van der Waals surface area contributed by atoms with Gasteiger partial charge in [-0.05, 0) is 25.1 Å². The number of ether oxygens (including phenoxy) is 1. The summed E-state index contributed by atoms with van der Waals surface area (Å²) in [5.41, 5.74) is 1.16. The van der Waals surface area contributed by atoms with E-state index in [1.807, 2.05) is 25.1 Å². The van der Waals surface area contributed by atoms with Crippen molar-refractivity contribution in [3.05, 3.63) is 41.7 Å². The Labute approximate surface area is 135 Å². The summed E-state index contributed by atoms with van der Waals surface area (Å²) in [7, 11) is 0. The van der Waals surface area contributed by atoms with Crippen molar-refractivity contribution in [2.24, 2.45) is 0 Å². The average molecular weight is 319 g/mol. The number of piperazine rings is 1. The van der Waals surface area contributed by atoms with Gasteiger partial charge in [-0.2, -0.15) is 0 Å². The van der Waals surface area contributed by atoms with Crippen LogP contribution in [0, 0.1) is 0 Å². The first-order valence-electron chi connectivity index (χ1n) is 7.47. The van der Waals surface area contributed by atoms with E-state index < -0.39 is 0 Å². The van der Waals surface area contributed by atoms with Crippen LogP contribution in [0.25, 0.3) is 0 Å². The molecule has 1 aromatic carbocycles. The van der Waals surface area contributed by atoms with Crippen LogP contribution in [0.1, 0.15) is 6.92 Å². The molecule has 0 N–H and O–H groups in total. The van der Waals surface area contributed by atoms with Gasteiger partial charge in [0.05, 0.1) is 6.61 Å². The Morgan fingerprint density at radius 2 is 1.82 bits per heavy atom. The third kappa shape index (κ3) is 3.25. The number of halogens is 1. The summed E-state index contributed by atoms with van der Waals surface area (Å²) < 4.78 is 5.57. The highest BCUT2D eigenvalue weighted by atomic mass is 35.5. The first kappa shape index (κ1) is 14.9. The molecule has 116 valence electrons. The molecule has 6 heteroatoms. The Morgan fingerprint density at radius 3 is 2.55 bits per heavy atom. The molecule has 1 aliphatic rings. The van der Waals surface area contributed by atoms with E-state index in [1.54, 1.807) is 12.4 Å². The van der Waals surface area contributed by atoms with E-state index in [9.17, 15) is 0 Å². The van der Waals surface area contributed by atoms with Crippen LogP contribution in [0.2, 0.25) is 5.02 Å². The van der Waals surface area contributed by atoms with E-state index >= 15 is 0 Å². The summed E-state index contributed by atoms with van der Waals surface area (Å²) in [6, 6.07) is 7.98. The Morgan fingerprint density at radius 1 is 1.09 bits per heavy atom. The van der Waals surface area contributed by atoms with Crippen molar-refractivity contribution in [2.45, 2.75) is 6.92 Å². The van der Waals surface area contributed by atoms with E-state index in [-0.39, 0.29) is 0 Å². The molecule has 1 fully saturated rings. The number of anilines is 2. The third-order valence-electron chi connectivity index (χ3n) is 3.68. The molecule has 22 heavy (non-hydrogen) atoms. The fourth-order valence-electron chi connectivity index (χ4n) is 2.62. The van der Waals surface area contributed by atoms with Crippen LogP contribution in [-0.2, 0) is 0 Å². The monoisotopic (exact) mass is 318 g/mol. The second kappa shape index (κ2) is 6.83. The summed E-state index contributed by atoms with van der Waals surface area (Å²) in [5, 5.41) is 0.771. The quantitative estimate of drug-likeness (QED) is 0.867. The van der Waals surface area contributed by atoms with Gasteiger partial charge in [-0.1, -0.05) is 17.7 Å². The molecule has 5 nitrogen and oxygen atoms in total. The number of aromatic nitrogens is 2. The van der Waals surface area contributed by atoms with Gasteiger partial charge < -0.3 is 14.5 Å². The molecule has 0 unspecified atom stereocenters. The van der Waals surface area contributed by atoms with Crippen LogP contribution < -0.4 is 14.5 Å². The first-order valence-corrected chi connectivity index (χ1v) is 7.85. The van der Waals surface area contributed by atoms with E-state index in [0.29, 0.717) is 12.5 Å². The van der Waals surface area contributed by atoms with Crippen LogP contribution in [0.5, 0.6) is 5.88 Å². The van der Waals surface area contributed by atoms with E-state index in [0.717, 1.165) is 42.7 Å². The predicted octanol–water partition coefficient (Wildman–Crippen LogP) is 2.86. The maximum atomic E-state index is 6.07. The van der Waals surface area contributed by atoms with Crippen molar-refractivity contribution in [1.29, 1.82) is 0 Å². The summed E-state index contributed by atoms with van der Waals surface area (Å²) in [4.78, 5) is 13.3. The molecule has 1 aliphatic heterocycles. The number of hydrogen-bond donors (Lipinski definition) is 0. The number of nitrogens with zero attached hydrogens (tertiary/aromatic N) is 4. The largest absolute Gasteiger partial charge is 0.475 e. The van der Waals surface area contributed by atoms with Crippen molar-refractivity contribution >= 4 is 23.1 Å². The molecule has 1 saturated heterocycles. The maximum Gasteiger partial charge on any atom is 0.257 e. The molecule has 2 aromatic rings. The van der Waals surface area contributed by atoms with Gasteiger partial charge in [0.2, 0.25) is 0 Å². The normalized spacial score (nSPS) is 15.0. The average Bonchev–Trinajstić information content (AvgIpc) is 2.56. The Balaban J connectivity index is 1.69. The van der Waals surface area contributed by atoms with Gasteiger partial charge in [-0.3, -0.25) is 0 Å². The van der Waals surface area contributed by atoms with Crippen LogP contribution in [-0.4, -0.2) is 42.8 Å². The van der Waals surface area contributed by atoms with Crippen molar-refractivity contribution in [3.8, 4) is 5.88 Å². The zero-order valence-corrected chi connectivity index (χ0v) is 13.3. The van der Waals surface area contributed by atoms with E-state index in [2.05, 4.69) is 25.8 Å². The highest BCUT2D eigenvalue weighted by Gasteiger charge is 2.21. The summed E-state index contributed by atoms with van der Waals surface area (Å²) in [6.07, 6.45) is 3.37. The molecule has 0 spiro atoms. The van der Waals surface area contributed by atoms with Gasteiger partial charge >= 0.3 is 0 Å². The number of rotatable bonds is 4. The van der Waals surface area contributed by atoms with Crippen LogP contribution in [0.15, 0.2) is 36.7 Å². The number of hydrogen-bond acceptors (Lipinski definition) is 5. The predicted molar refractivity (Wildman–Crippen MR) is 89.1 cm³/mol. The third-order valence-corrected chi connectivity index (χ3v) is 3.92. The SMILES string of the molecule is CCOc1nccnc1N1CCN(c2cccc(Cl)c2)CC1. The molecule has 0 aliphatic carbocycles. The van der Waals surface area contributed by atoms with Gasteiger partial charge in [-0.15, -0.1) is 0 Å². The fraction of sp³-hybridized carbons (Fsp3) is 0.375. The lowest BCUT2D eigenvalue weighted by molar-refractivity contribution is 0.325. The highest BCUT2D eigenvalue weighted by molar-refractivity contribution is 6.30. The molecule has 1 aromatic heterocycles. The van der Waals surface area contributed by atoms with Gasteiger partial charge in [0.1, 0.15) is 0 Å². The molecule has 0 bridgehead atoms. The molecule has 0 atom stereocenters. The Kier molecular flexibility index (Phi) is 4.63. The molecular weight excluding hydrogens is 300 g/mol. The van der Waals surface area contributed by atoms with Gasteiger partial charge in [0.15, 0.2) is 5.82 Å². The second-order valence-corrected chi connectivity index (χ2v) is 5.51. The van der Waals surface area contributed by atoms with Crippen LogP contribution in [0.3, 0.4) is 0 Å².